The van der Waals surface area contributed by atoms with Crippen LogP contribution >= 0.6 is 0 Å². The minimum Gasteiger partial charge on any atom is -0.491 e. The van der Waals surface area contributed by atoms with Gasteiger partial charge < -0.3 is 10.1 Å². The molecule has 0 aromatic heterocycles. The average Bonchev–Trinajstić information content (AvgIpc) is 2.47. The highest BCUT2D eigenvalue weighted by Gasteiger charge is 2.16. The van der Waals surface area contributed by atoms with Crippen LogP contribution in [0.15, 0.2) is 18.2 Å². The zero-order valence-electron chi connectivity index (χ0n) is 12.4. The van der Waals surface area contributed by atoms with Crippen molar-refractivity contribution in [2.45, 2.75) is 40.0 Å². The lowest BCUT2D eigenvalue weighted by Crippen LogP contribution is -2.22. The van der Waals surface area contributed by atoms with Gasteiger partial charge in [-0.3, -0.25) is 9.59 Å². The van der Waals surface area contributed by atoms with Crippen molar-refractivity contribution in [1.29, 1.82) is 0 Å². The van der Waals surface area contributed by atoms with E-state index in [4.69, 9.17) is 4.74 Å². The van der Waals surface area contributed by atoms with Gasteiger partial charge in [0.15, 0.2) is 0 Å². The van der Waals surface area contributed by atoms with Gasteiger partial charge in [0, 0.05) is 11.5 Å². The van der Waals surface area contributed by atoms with E-state index in [1.165, 1.54) is 0 Å². The zero-order chi connectivity index (χ0) is 15.0. The molecular weight excluding hydrogens is 254 g/mol. The van der Waals surface area contributed by atoms with Crippen LogP contribution in [0, 0.1) is 5.92 Å². The largest absolute Gasteiger partial charge is 0.491 e. The second-order valence-electron chi connectivity index (χ2n) is 4.72. The lowest BCUT2D eigenvalue weighted by Gasteiger charge is -2.16. The molecule has 0 aliphatic rings. The lowest BCUT2D eigenvalue weighted by molar-refractivity contribution is -0.120. The monoisotopic (exact) mass is 277 g/mol. The predicted octanol–water partition coefficient (Wildman–Crippen LogP) is 3.66. The molecule has 0 saturated carbocycles. The maximum absolute atomic E-state index is 12.1. The number of anilines is 1. The van der Waals surface area contributed by atoms with E-state index in [9.17, 15) is 9.59 Å². The Labute approximate surface area is 120 Å². The SMILES string of the molecule is CCCOc1ccc(C=O)cc1NC(=O)C(CC)CC. The van der Waals surface area contributed by atoms with Crippen LogP contribution in [-0.4, -0.2) is 18.8 Å². The fourth-order valence-electron chi connectivity index (χ4n) is 1.95. The summed E-state index contributed by atoms with van der Waals surface area (Å²) in [6.07, 6.45) is 3.23. The smallest absolute Gasteiger partial charge is 0.227 e. The summed E-state index contributed by atoms with van der Waals surface area (Å²) >= 11 is 0. The van der Waals surface area contributed by atoms with Crippen LogP contribution in [0.5, 0.6) is 5.75 Å². The summed E-state index contributed by atoms with van der Waals surface area (Å²) in [6, 6.07) is 5.06. The Morgan fingerprint density at radius 1 is 1.30 bits per heavy atom. The Morgan fingerprint density at radius 3 is 2.55 bits per heavy atom. The summed E-state index contributed by atoms with van der Waals surface area (Å²) in [5, 5.41) is 2.87. The molecule has 20 heavy (non-hydrogen) atoms. The third kappa shape index (κ3) is 4.37. The molecule has 4 nitrogen and oxygen atoms in total. The van der Waals surface area contributed by atoms with Crippen LogP contribution < -0.4 is 10.1 Å². The van der Waals surface area contributed by atoms with Crippen molar-refractivity contribution in [3.05, 3.63) is 23.8 Å². The van der Waals surface area contributed by atoms with Crippen molar-refractivity contribution in [3.8, 4) is 5.75 Å². The summed E-state index contributed by atoms with van der Waals surface area (Å²) in [7, 11) is 0. The van der Waals surface area contributed by atoms with Gasteiger partial charge in [-0.2, -0.15) is 0 Å². The van der Waals surface area contributed by atoms with Crippen LogP contribution in [0.25, 0.3) is 0 Å². The summed E-state index contributed by atoms with van der Waals surface area (Å²) < 4.78 is 5.60. The number of benzene rings is 1. The van der Waals surface area contributed by atoms with Gasteiger partial charge in [0.1, 0.15) is 12.0 Å². The Hall–Kier alpha value is -1.84. The molecule has 0 aliphatic carbocycles. The van der Waals surface area contributed by atoms with E-state index in [0.717, 1.165) is 25.5 Å². The van der Waals surface area contributed by atoms with E-state index >= 15 is 0 Å². The molecular formula is C16H23NO3. The van der Waals surface area contributed by atoms with Gasteiger partial charge in [-0.15, -0.1) is 0 Å². The van der Waals surface area contributed by atoms with Gasteiger partial charge in [-0.25, -0.2) is 0 Å². The minimum absolute atomic E-state index is 0.0195. The molecule has 1 amide bonds. The second-order valence-corrected chi connectivity index (χ2v) is 4.72. The van der Waals surface area contributed by atoms with Crippen LogP contribution in [-0.2, 0) is 4.79 Å². The minimum atomic E-state index is -0.0283. The number of nitrogens with one attached hydrogen (secondary N) is 1. The van der Waals surface area contributed by atoms with Gasteiger partial charge in [0.25, 0.3) is 0 Å². The van der Waals surface area contributed by atoms with Gasteiger partial charge in [-0.05, 0) is 37.5 Å². The average molecular weight is 277 g/mol. The number of carbonyl (C=O) groups excluding carboxylic acids is 2. The molecule has 0 saturated heterocycles. The molecule has 0 fully saturated rings. The van der Waals surface area contributed by atoms with Gasteiger partial charge in [0.05, 0.1) is 12.3 Å². The fourth-order valence-corrected chi connectivity index (χ4v) is 1.95. The number of hydrogen-bond donors (Lipinski definition) is 1. The molecule has 110 valence electrons. The standard InChI is InChI=1S/C16H23NO3/c1-4-9-20-15-8-7-12(11-18)10-14(15)17-16(19)13(5-2)6-3/h7-8,10-11,13H,4-6,9H2,1-3H3,(H,17,19). The van der Waals surface area contributed by atoms with E-state index in [1.54, 1.807) is 18.2 Å². The molecule has 0 aliphatic heterocycles. The molecule has 0 heterocycles. The van der Waals surface area contributed by atoms with Crippen molar-refractivity contribution in [2.24, 2.45) is 5.92 Å². The third-order valence-corrected chi connectivity index (χ3v) is 3.22. The summed E-state index contributed by atoms with van der Waals surface area (Å²) in [5.74, 6) is 0.560. The van der Waals surface area contributed by atoms with Crippen molar-refractivity contribution in [3.63, 3.8) is 0 Å². The van der Waals surface area contributed by atoms with Crippen molar-refractivity contribution in [1.82, 2.24) is 0 Å². The molecule has 0 spiro atoms. The maximum Gasteiger partial charge on any atom is 0.227 e. The van der Waals surface area contributed by atoms with E-state index in [0.29, 0.717) is 23.6 Å². The lowest BCUT2D eigenvalue weighted by atomic mass is 10.0. The normalized spacial score (nSPS) is 10.4. The van der Waals surface area contributed by atoms with Crippen molar-refractivity contribution in [2.75, 3.05) is 11.9 Å². The van der Waals surface area contributed by atoms with Gasteiger partial charge in [-0.1, -0.05) is 20.8 Å². The summed E-state index contributed by atoms with van der Waals surface area (Å²) in [6.45, 7) is 6.57. The number of ether oxygens (including phenoxy) is 1. The number of rotatable bonds is 8. The van der Waals surface area contributed by atoms with Crippen molar-refractivity contribution >= 4 is 17.9 Å². The van der Waals surface area contributed by atoms with E-state index in [2.05, 4.69) is 5.32 Å². The highest BCUT2D eigenvalue weighted by Crippen LogP contribution is 2.26. The molecule has 0 bridgehead atoms. The van der Waals surface area contributed by atoms with E-state index < -0.39 is 0 Å². The fraction of sp³-hybridized carbons (Fsp3) is 0.500. The quantitative estimate of drug-likeness (QED) is 0.738. The first-order chi connectivity index (χ1) is 9.65. The van der Waals surface area contributed by atoms with E-state index in [1.807, 2.05) is 20.8 Å². The predicted molar refractivity (Wildman–Crippen MR) is 80.3 cm³/mol. The molecule has 0 atom stereocenters. The number of hydrogen-bond acceptors (Lipinski definition) is 3. The van der Waals surface area contributed by atoms with Crippen LogP contribution in [0.1, 0.15) is 50.4 Å². The van der Waals surface area contributed by atoms with Gasteiger partial charge >= 0.3 is 0 Å². The first kappa shape index (κ1) is 16.2. The van der Waals surface area contributed by atoms with Gasteiger partial charge in [0.2, 0.25) is 5.91 Å². The Bertz CT molecular complexity index is 453. The Morgan fingerprint density at radius 2 is 2.00 bits per heavy atom. The third-order valence-electron chi connectivity index (χ3n) is 3.22. The Balaban J connectivity index is 2.94. The highest BCUT2D eigenvalue weighted by molar-refractivity contribution is 5.95. The molecule has 0 radical (unpaired) electrons. The molecule has 1 N–H and O–H groups in total. The van der Waals surface area contributed by atoms with E-state index in [-0.39, 0.29) is 11.8 Å². The number of carbonyl (C=O) groups is 2. The number of aldehydes is 1. The van der Waals surface area contributed by atoms with Crippen LogP contribution in [0.2, 0.25) is 0 Å². The van der Waals surface area contributed by atoms with Crippen LogP contribution in [0.4, 0.5) is 5.69 Å². The summed E-state index contributed by atoms with van der Waals surface area (Å²) in [4.78, 5) is 23.0. The zero-order valence-corrected chi connectivity index (χ0v) is 12.4. The first-order valence-corrected chi connectivity index (χ1v) is 7.19. The molecule has 4 heteroatoms. The highest BCUT2D eigenvalue weighted by atomic mass is 16.5. The molecule has 1 aromatic rings. The van der Waals surface area contributed by atoms with Crippen LogP contribution in [0.3, 0.4) is 0 Å². The maximum atomic E-state index is 12.1. The topological polar surface area (TPSA) is 55.4 Å². The summed E-state index contributed by atoms with van der Waals surface area (Å²) in [5.41, 5.74) is 1.09. The Kier molecular flexibility index (Phi) is 6.77. The molecule has 1 rings (SSSR count). The molecule has 0 unspecified atom stereocenters. The first-order valence-electron chi connectivity index (χ1n) is 7.19. The molecule has 1 aromatic carbocycles. The van der Waals surface area contributed by atoms with Crippen molar-refractivity contribution < 1.29 is 14.3 Å². The second kappa shape index (κ2) is 8.35. The number of amides is 1.